The Labute approximate surface area is 337 Å². The number of nitrogens with one attached hydrogen (secondary N) is 4. The number of hydrogen-bond acceptors (Lipinski definition) is 11. The molecule has 0 spiro atoms. The molecule has 58 heavy (non-hydrogen) atoms. The second-order valence-electron chi connectivity index (χ2n) is 16.1. The number of likely N-dealkylation sites (tertiary alicyclic amines) is 1. The maximum absolute atomic E-state index is 14.3. The summed E-state index contributed by atoms with van der Waals surface area (Å²) in [4.78, 5) is 122. The molecule has 6 N–H and O–H groups in total. The summed E-state index contributed by atoms with van der Waals surface area (Å²) in [7, 11) is 1.19. The van der Waals surface area contributed by atoms with Crippen molar-refractivity contribution in [1.82, 2.24) is 31.2 Å². The molecule has 1 aliphatic carbocycles. The van der Waals surface area contributed by atoms with Crippen molar-refractivity contribution in [2.45, 2.75) is 123 Å². The number of carbonyl (C=O) groups is 9. The molecular formula is C40H56N6O12. The van der Waals surface area contributed by atoms with Gasteiger partial charge in [0.15, 0.2) is 5.78 Å². The van der Waals surface area contributed by atoms with Crippen LogP contribution in [0, 0.1) is 17.3 Å². The SMILES string of the molecule is COC(=O)/C=C/CC[C@H](NC(=O)Cc1ccncc1C(=O)O)C(=O)N[C@H](C(=O)N1CC(=O)C[C@H]1C(=O)N[C@H](C(=O)N[C@H](C(=O)O)C1CCCCC1)C(C)C)C(C)(C)C. The number of nitrogens with zero attached hydrogens (tertiary/aromatic N) is 2. The lowest BCUT2D eigenvalue weighted by Gasteiger charge is -2.36. The number of ether oxygens (including phenoxy) is 1. The van der Waals surface area contributed by atoms with E-state index >= 15 is 0 Å². The predicted molar refractivity (Wildman–Crippen MR) is 207 cm³/mol. The smallest absolute Gasteiger partial charge is 0.337 e. The number of carboxylic acid groups (broad SMARTS) is 2. The summed E-state index contributed by atoms with van der Waals surface area (Å²) in [6.07, 6.45) is 8.16. The molecule has 1 aromatic rings. The molecule has 5 amide bonds. The quantitative estimate of drug-likeness (QED) is 0.0903. The van der Waals surface area contributed by atoms with Crippen molar-refractivity contribution in [3.63, 3.8) is 0 Å². The van der Waals surface area contributed by atoms with Crippen molar-refractivity contribution in [1.29, 1.82) is 0 Å². The Morgan fingerprint density at radius 2 is 1.64 bits per heavy atom. The molecule has 2 fully saturated rings. The second kappa shape index (κ2) is 21.2. The van der Waals surface area contributed by atoms with Gasteiger partial charge in [-0.3, -0.25) is 33.8 Å². The van der Waals surface area contributed by atoms with E-state index in [0.717, 1.165) is 36.4 Å². The van der Waals surface area contributed by atoms with E-state index in [2.05, 4.69) is 31.0 Å². The van der Waals surface area contributed by atoms with Crippen LogP contribution >= 0.6 is 0 Å². The maximum Gasteiger partial charge on any atom is 0.337 e. The van der Waals surface area contributed by atoms with Crippen LogP contribution in [0.1, 0.15) is 102 Å². The van der Waals surface area contributed by atoms with Gasteiger partial charge in [0.05, 0.1) is 25.6 Å². The highest BCUT2D eigenvalue weighted by molar-refractivity contribution is 6.02. The number of aliphatic carboxylic acids is 1. The molecule has 1 saturated heterocycles. The van der Waals surface area contributed by atoms with Gasteiger partial charge in [-0.15, -0.1) is 0 Å². The topological polar surface area (TPSA) is 268 Å². The molecule has 0 radical (unpaired) electrons. The minimum absolute atomic E-state index is 0.0619. The standard InChI is InChI=1S/C40H56N6O12/c1-22(2)31(36(52)44-32(39(56)57)23-12-8-7-9-13-23)43-35(51)28-19-25(47)21-46(28)37(53)33(40(3,4)5)45-34(50)27(14-10-11-15-30(49)58-6)42-29(48)18-24-16-17-41-20-26(24)38(54)55/h11,15-17,20,22-23,27-28,31-33H,7-10,12-14,18-19,21H2,1-6H3,(H,42,48)(H,43,51)(H,44,52)(H,45,50)(H,54,55)(H,56,57)/b15-11+/t27-,28-,31-,32-,33+/m0/s1. The lowest BCUT2D eigenvalue weighted by Crippen LogP contribution is -2.61. The molecule has 0 aromatic carbocycles. The minimum atomic E-state index is -1.35. The molecule has 318 valence electrons. The third-order valence-electron chi connectivity index (χ3n) is 10.3. The first-order valence-corrected chi connectivity index (χ1v) is 19.4. The molecule has 18 heteroatoms. The number of amides is 5. The van der Waals surface area contributed by atoms with Gasteiger partial charge < -0.3 is 41.1 Å². The van der Waals surface area contributed by atoms with Gasteiger partial charge in [-0.2, -0.15) is 0 Å². The Hall–Kier alpha value is -5.68. The Balaban J connectivity index is 1.83. The summed E-state index contributed by atoms with van der Waals surface area (Å²) in [6.45, 7) is 7.82. The third-order valence-corrected chi connectivity index (χ3v) is 10.3. The average Bonchev–Trinajstić information content (AvgIpc) is 3.56. The number of hydrogen-bond donors (Lipinski definition) is 6. The van der Waals surface area contributed by atoms with Crippen LogP contribution in [0.25, 0.3) is 0 Å². The molecule has 1 saturated carbocycles. The number of aromatic nitrogens is 1. The lowest BCUT2D eigenvalue weighted by atomic mass is 9.83. The van der Waals surface area contributed by atoms with Crippen LogP contribution < -0.4 is 21.3 Å². The van der Waals surface area contributed by atoms with Gasteiger partial charge in [0.1, 0.15) is 30.2 Å². The van der Waals surface area contributed by atoms with Crippen LogP contribution in [-0.2, 0) is 49.5 Å². The van der Waals surface area contributed by atoms with Crippen molar-refractivity contribution in [2.24, 2.45) is 17.3 Å². The zero-order valence-corrected chi connectivity index (χ0v) is 33.9. The number of allylic oxidation sites excluding steroid dienone is 1. The minimum Gasteiger partial charge on any atom is -0.480 e. The molecule has 1 aliphatic heterocycles. The number of ketones is 1. The van der Waals surface area contributed by atoms with E-state index in [1.165, 1.54) is 25.4 Å². The summed E-state index contributed by atoms with van der Waals surface area (Å²) in [5.74, 6) is -8.17. The number of carboxylic acids is 2. The fraction of sp³-hybridized carbons (Fsp3) is 0.600. The largest absolute Gasteiger partial charge is 0.480 e. The second-order valence-corrected chi connectivity index (χ2v) is 16.1. The molecule has 18 nitrogen and oxygen atoms in total. The van der Waals surface area contributed by atoms with Gasteiger partial charge in [-0.05, 0) is 54.6 Å². The first-order valence-electron chi connectivity index (χ1n) is 19.4. The molecule has 3 rings (SSSR count). The van der Waals surface area contributed by atoms with Crippen LogP contribution in [0.15, 0.2) is 30.6 Å². The van der Waals surface area contributed by atoms with Crippen LogP contribution in [0.2, 0.25) is 0 Å². The molecule has 0 unspecified atom stereocenters. The third kappa shape index (κ3) is 13.2. The van der Waals surface area contributed by atoms with Crippen LogP contribution in [0.5, 0.6) is 0 Å². The van der Waals surface area contributed by atoms with Crippen molar-refractivity contribution >= 4 is 53.2 Å². The maximum atomic E-state index is 14.3. The number of methoxy groups -OCH3 is 1. The van der Waals surface area contributed by atoms with E-state index < -0.39 is 108 Å². The lowest BCUT2D eigenvalue weighted by molar-refractivity contribution is -0.146. The number of carbonyl (C=O) groups excluding carboxylic acids is 7. The van der Waals surface area contributed by atoms with E-state index in [0.29, 0.717) is 12.8 Å². The predicted octanol–water partition coefficient (Wildman–Crippen LogP) is 1.31. The van der Waals surface area contributed by atoms with Crippen molar-refractivity contribution < 1.29 is 58.1 Å². The number of rotatable bonds is 18. The van der Waals surface area contributed by atoms with E-state index in [1.54, 1.807) is 34.6 Å². The molecular weight excluding hydrogens is 756 g/mol. The molecule has 1 aromatic heterocycles. The van der Waals surface area contributed by atoms with Gasteiger partial charge >= 0.3 is 17.9 Å². The van der Waals surface area contributed by atoms with E-state index in [9.17, 15) is 53.4 Å². The molecule has 2 aliphatic rings. The summed E-state index contributed by atoms with van der Waals surface area (Å²) in [5, 5.41) is 30.0. The summed E-state index contributed by atoms with van der Waals surface area (Å²) in [6, 6.07) is -4.98. The first kappa shape index (κ1) is 46.7. The molecule has 2 heterocycles. The highest BCUT2D eigenvalue weighted by Gasteiger charge is 2.46. The number of Topliss-reactive ketones (excluding diaryl/α,β-unsaturated/α-hetero) is 1. The van der Waals surface area contributed by atoms with Gasteiger partial charge in [0.2, 0.25) is 29.5 Å². The monoisotopic (exact) mass is 812 g/mol. The highest BCUT2D eigenvalue weighted by Crippen LogP contribution is 2.28. The van der Waals surface area contributed by atoms with E-state index in [1.807, 2.05) is 0 Å². The Bertz CT molecular complexity index is 1750. The Morgan fingerprint density at radius 1 is 0.966 bits per heavy atom. The van der Waals surface area contributed by atoms with Crippen LogP contribution in [0.4, 0.5) is 0 Å². The van der Waals surface area contributed by atoms with E-state index in [4.69, 9.17) is 0 Å². The molecule has 0 bridgehead atoms. The normalized spacial score (nSPS) is 18.2. The Morgan fingerprint density at radius 3 is 2.22 bits per heavy atom. The number of esters is 1. The van der Waals surface area contributed by atoms with E-state index in [-0.39, 0.29) is 36.3 Å². The van der Waals surface area contributed by atoms with Gasteiger partial charge in [0.25, 0.3) is 0 Å². The summed E-state index contributed by atoms with van der Waals surface area (Å²) >= 11 is 0. The average molecular weight is 813 g/mol. The van der Waals surface area contributed by atoms with Crippen molar-refractivity contribution in [3.05, 3.63) is 41.7 Å². The first-order chi connectivity index (χ1) is 27.2. The fourth-order valence-corrected chi connectivity index (χ4v) is 7.06. The fourth-order valence-electron chi connectivity index (χ4n) is 7.06. The van der Waals surface area contributed by atoms with Gasteiger partial charge in [-0.1, -0.05) is 60.0 Å². The van der Waals surface area contributed by atoms with Gasteiger partial charge in [0, 0.05) is 24.9 Å². The van der Waals surface area contributed by atoms with Crippen LogP contribution in [-0.4, -0.2) is 117 Å². The number of aromatic carboxylic acids is 1. The number of pyridine rings is 1. The zero-order chi connectivity index (χ0) is 43.3. The Kier molecular flexibility index (Phi) is 17.1. The highest BCUT2D eigenvalue weighted by atomic mass is 16.5. The zero-order valence-electron chi connectivity index (χ0n) is 33.9. The van der Waals surface area contributed by atoms with Crippen molar-refractivity contribution in [3.8, 4) is 0 Å². The van der Waals surface area contributed by atoms with Gasteiger partial charge in [-0.25, -0.2) is 14.4 Å². The van der Waals surface area contributed by atoms with Crippen LogP contribution in [0.3, 0.4) is 0 Å². The summed E-state index contributed by atoms with van der Waals surface area (Å²) in [5.41, 5.74) is -1.09. The molecule has 5 atom stereocenters. The summed E-state index contributed by atoms with van der Waals surface area (Å²) < 4.78 is 4.59. The van der Waals surface area contributed by atoms with Crippen molar-refractivity contribution in [2.75, 3.05) is 13.7 Å².